The molecule has 1 atom stereocenters. The Kier molecular flexibility index (Phi) is 6.36. The number of nitrogens with zero attached hydrogens (tertiary/aromatic N) is 3. The van der Waals surface area contributed by atoms with E-state index < -0.39 is 0 Å². The molecule has 3 rings (SSSR count). The Morgan fingerprint density at radius 3 is 2.96 bits per heavy atom. The SMILES string of the molecule is CCCCCOc1ccc(/C=N\n2c(C3CCCO3)n[nH]c2=S)cc1. The molecule has 6 nitrogen and oxygen atoms in total. The Morgan fingerprint density at radius 1 is 1.40 bits per heavy atom. The maximum absolute atomic E-state index is 5.72. The summed E-state index contributed by atoms with van der Waals surface area (Å²) in [5, 5.41) is 11.5. The first-order valence-corrected chi connectivity index (χ1v) is 9.25. The van der Waals surface area contributed by atoms with Gasteiger partial charge in [-0.15, -0.1) is 0 Å². The number of nitrogens with one attached hydrogen (secondary N) is 1. The van der Waals surface area contributed by atoms with E-state index in [1.165, 1.54) is 12.8 Å². The lowest BCUT2D eigenvalue weighted by Gasteiger charge is -2.07. The highest BCUT2D eigenvalue weighted by molar-refractivity contribution is 7.71. The zero-order chi connectivity index (χ0) is 17.5. The summed E-state index contributed by atoms with van der Waals surface area (Å²) in [7, 11) is 0. The van der Waals surface area contributed by atoms with Crippen molar-refractivity contribution in [2.24, 2.45) is 5.10 Å². The molecule has 0 aliphatic carbocycles. The summed E-state index contributed by atoms with van der Waals surface area (Å²) in [5.41, 5.74) is 0.974. The van der Waals surface area contributed by atoms with Crippen LogP contribution in [-0.2, 0) is 4.74 Å². The lowest BCUT2D eigenvalue weighted by molar-refractivity contribution is 0.102. The van der Waals surface area contributed by atoms with Crippen LogP contribution in [0.15, 0.2) is 29.4 Å². The van der Waals surface area contributed by atoms with Gasteiger partial charge in [-0.3, -0.25) is 5.10 Å². The minimum atomic E-state index is -0.0380. The van der Waals surface area contributed by atoms with Crippen molar-refractivity contribution >= 4 is 18.4 Å². The molecule has 1 N–H and O–H groups in total. The Hall–Kier alpha value is -1.99. The van der Waals surface area contributed by atoms with Crippen molar-refractivity contribution in [1.82, 2.24) is 14.9 Å². The van der Waals surface area contributed by atoms with Crippen LogP contribution in [0, 0.1) is 4.77 Å². The highest BCUT2D eigenvalue weighted by atomic mass is 32.1. The third-order valence-corrected chi connectivity index (χ3v) is 4.38. The molecule has 1 unspecified atom stereocenters. The quantitative estimate of drug-likeness (QED) is 0.434. The third kappa shape index (κ3) is 4.76. The number of hydrogen-bond donors (Lipinski definition) is 1. The summed E-state index contributed by atoms with van der Waals surface area (Å²) >= 11 is 5.27. The Labute approximate surface area is 152 Å². The Balaban J connectivity index is 1.64. The smallest absolute Gasteiger partial charge is 0.216 e. The number of H-pyrrole nitrogens is 1. The fraction of sp³-hybridized carbons (Fsp3) is 0.500. The van der Waals surface area contributed by atoms with Crippen molar-refractivity contribution in [1.29, 1.82) is 0 Å². The number of unbranched alkanes of at least 4 members (excludes halogenated alkanes) is 2. The lowest BCUT2D eigenvalue weighted by atomic mass is 10.2. The fourth-order valence-electron chi connectivity index (χ4n) is 2.72. The van der Waals surface area contributed by atoms with Crippen LogP contribution in [0.3, 0.4) is 0 Å². The monoisotopic (exact) mass is 360 g/mol. The molecule has 0 radical (unpaired) electrons. The maximum Gasteiger partial charge on any atom is 0.216 e. The molecule has 1 aromatic heterocycles. The van der Waals surface area contributed by atoms with Gasteiger partial charge in [-0.1, -0.05) is 19.8 Å². The number of aromatic amines is 1. The molecular formula is C18H24N4O2S. The van der Waals surface area contributed by atoms with Gasteiger partial charge in [0.25, 0.3) is 0 Å². The summed E-state index contributed by atoms with van der Waals surface area (Å²) in [4.78, 5) is 0. The number of rotatable bonds is 8. The first kappa shape index (κ1) is 17.8. The molecule has 0 saturated carbocycles. The summed E-state index contributed by atoms with van der Waals surface area (Å²) in [5.74, 6) is 1.61. The van der Waals surface area contributed by atoms with Gasteiger partial charge in [0.1, 0.15) is 11.9 Å². The van der Waals surface area contributed by atoms with E-state index in [-0.39, 0.29) is 6.10 Å². The van der Waals surface area contributed by atoms with E-state index in [1.807, 2.05) is 24.3 Å². The molecular weight excluding hydrogens is 336 g/mol. The number of ether oxygens (including phenoxy) is 2. The van der Waals surface area contributed by atoms with Crippen LogP contribution in [0.2, 0.25) is 0 Å². The maximum atomic E-state index is 5.72. The van der Waals surface area contributed by atoms with Crippen LogP contribution < -0.4 is 4.74 Å². The van der Waals surface area contributed by atoms with Gasteiger partial charge in [0, 0.05) is 6.61 Å². The zero-order valence-electron chi connectivity index (χ0n) is 14.5. The van der Waals surface area contributed by atoms with Crippen molar-refractivity contribution < 1.29 is 9.47 Å². The minimum absolute atomic E-state index is 0.0380. The second kappa shape index (κ2) is 8.92. The molecule has 1 saturated heterocycles. The van der Waals surface area contributed by atoms with Gasteiger partial charge in [0.2, 0.25) is 4.77 Å². The molecule has 7 heteroatoms. The molecule has 1 aliphatic rings. The average Bonchev–Trinajstić information content (AvgIpc) is 3.28. The van der Waals surface area contributed by atoms with Gasteiger partial charge in [-0.2, -0.15) is 14.9 Å². The van der Waals surface area contributed by atoms with Gasteiger partial charge in [0.15, 0.2) is 5.82 Å². The van der Waals surface area contributed by atoms with Gasteiger partial charge in [-0.05, 0) is 61.3 Å². The van der Waals surface area contributed by atoms with Crippen molar-refractivity contribution in [2.75, 3.05) is 13.2 Å². The van der Waals surface area contributed by atoms with Crippen molar-refractivity contribution in [3.63, 3.8) is 0 Å². The third-order valence-electron chi connectivity index (χ3n) is 4.11. The molecule has 25 heavy (non-hydrogen) atoms. The molecule has 0 spiro atoms. The van der Waals surface area contributed by atoms with Crippen LogP contribution in [0.25, 0.3) is 0 Å². The van der Waals surface area contributed by atoms with Crippen LogP contribution in [0.4, 0.5) is 0 Å². The highest BCUT2D eigenvalue weighted by Gasteiger charge is 2.23. The first-order chi connectivity index (χ1) is 12.3. The topological polar surface area (TPSA) is 64.4 Å². The van der Waals surface area contributed by atoms with E-state index in [4.69, 9.17) is 21.7 Å². The van der Waals surface area contributed by atoms with Crippen LogP contribution >= 0.6 is 12.2 Å². The molecule has 134 valence electrons. The Bertz CT molecular complexity index is 745. The standard InChI is InChI=1S/C18H24N4O2S/c1-2-3-4-11-23-15-9-7-14(8-10-15)13-19-22-17(20-21-18(22)25)16-6-5-12-24-16/h7-10,13,16H,2-6,11-12H2,1H3,(H,21,25)/b19-13-. The second-order valence-corrected chi connectivity index (χ2v) is 6.46. The van der Waals surface area contributed by atoms with E-state index in [1.54, 1.807) is 10.9 Å². The minimum Gasteiger partial charge on any atom is -0.494 e. The largest absolute Gasteiger partial charge is 0.494 e. The molecule has 2 aromatic rings. The van der Waals surface area contributed by atoms with Crippen molar-refractivity contribution in [2.45, 2.75) is 45.1 Å². The second-order valence-electron chi connectivity index (χ2n) is 6.07. The van der Waals surface area contributed by atoms with Crippen molar-refractivity contribution in [3.05, 3.63) is 40.4 Å². The molecule has 1 fully saturated rings. The van der Waals surface area contributed by atoms with E-state index in [0.717, 1.165) is 49.6 Å². The molecule has 1 aromatic carbocycles. The van der Waals surface area contributed by atoms with Crippen molar-refractivity contribution in [3.8, 4) is 5.75 Å². The normalized spacial score (nSPS) is 17.4. The lowest BCUT2D eigenvalue weighted by Crippen LogP contribution is -2.05. The molecule has 0 bridgehead atoms. The summed E-state index contributed by atoms with van der Waals surface area (Å²) in [6.45, 7) is 3.70. The average molecular weight is 360 g/mol. The van der Waals surface area contributed by atoms with Crippen LogP contribution in [-0.4, -0.2) is 34.3 Å². The molecule has 0 amide bonds. The number of benzene rings is 1. The summed E-state index contributed by atoms with van der Waals surface area (Å²) in [6.07, 6.45) is 7.19. The zero-order valence-corrected chi connectivity index (χ0v) is 15.3. The van der Waals surface area contributed by atoms with E-state index in [2.05, 4.69) is 22.2 Å². The van der Waals surface area contributed by atoms with Crippen LogP contribution in [0.5, 0.6) is 5.75 Å². The van der Waals surface area contributed by atoms with E-state index in [9.17, 15) is 0 Å². The predicted octanol–water partition coefficient (Wildman–Crippen LogP) is 4.24. The van der Waals surface area contributed by atoms with E-state index >= 15 is 0 Å². The summed E-state index contributed by atoms with van der Waals surface area (Å²) in [6, 6.07) is 7.88. The summed E-state index contributed by atoms with van der Waals surface area (Å²) < 4.78 is 13.5. The fourth-order valence-corrected chi connectivity index (χ4v) is 2.91. The van der Waals surface area contributed by atoms with Gasteiger partial charge in [-0.25, -0.2) is 0 Å². The molecule has 2 heterocycles. The van der Waals surface area contributed by atoms with E-state index in [0.29, 0.717) is 4.77 Å². The highest BCUT2D eigenvalue weighted by Crippen LogP contribution is 2.26. The van der Waals surface area contributed by atoms with Gasteiger partial charge in [0.05, 0.1) is 12.8 Å². The van der Waals surface area contributed by atoms with Crippen LogP contribution in [0.1, 0.15) is 56.5 Å². The first-order valence-electron chi connectivity index (χ1n) is 8.84. The molecule has 1 aliphatic heterocycles. The predicted molar refractivity (Wildman–Crippen MR) is 99.8 cm³/mol. The van der Waals surface area contributed by atoms with Gasteiger partial charge >= 0.3 is 0 Å². The number of aromatic nitrogens is 3. The Morgan fingerprint density at radius 2 is 2.24 bits per heavy atom. The number of hydrogen-bond acceptors (Lipinski definition) is 5. The van der Waals surface area contributed by atoms with Gasteiger partial charge < -0.3 is 9.47 Å².